The van der Waals surface area contributed by atoms with Gasteiger partial charge in [0.05, 0.1) is 0 Å². The average molecular weight is 257 g/mol. The van der Waals surface area contributed by atoms with Gasteiger partial charge in [0.2, 0.25) is 5.91 Å². The molecule has 0 atom stereocenters. The third-order valence-corrected chi connectivity index (χ3v) is 3.08. The van der Waals surface area contributed by atoms with Crippen molar-refractivity contribution >= 4 is 23.4 Å². The molecule has 0 aliphatic carbocycles. The molecule has 1 aromatic rings. The largest absolute Gasteiger partial charge is 0.440 e. The topological polar surface area (TPSA) is 62.6 Å². The summed E-state index contributed by atoms with van der Waals surface area (Å²) < 4.78 is 5.07. The van der Waals surface area contributed by atoms with Crippen molar-refractivity contribution in [3.8, 4) is 0 Å². The quantitative estimate of drug-likeness (QED) is 0.823. The van der Waals surface area contributed by atoms with E-state index in [2.05, 4.69) is 5.32 Å². The highest BCUT2D eigenvalue weighted by atomic mass is 35.5. The molecule has 0 unspecified atom stereocenters. The Morgan fingerprint density at radius 2 is 2.24 bits per heavy atom. The van der Waals surface area contributed by atoms with Crippen molar-refractivity contribution in [2.45, 2.75) is 19.4 Å². The van der Waals surface area contributed by atoms with Crippen molar-refractivity contribution in [1.82, 2.24) is 10.2 Å². The first kappa shape index (κ1) is 12.0. The van der Waals surface area contributed by atoms with E-state index < -0.39 is 5.54 Å². The lowest BCUT2D eigenvalue weighted by Gasteiger charge is -2.40. The molecular weight excluding hydrogens is 244 g/mol. The van der Waals surface area contributed by atoms with Gasteiger partial charge in [-0.15, -0.1) is 0 Å². The first-order valence-electron chi connectivity index (χ1n) is 5.28. The first-order valence-corrected chi connectivity index (χ1v) is 5.66. The maximum atomic E-state index is 12.2. The van der Waals surface area contributed by atoms with E-state index in [1.54, 1.807) is 13.8 Å². The van der Waals surface area contributed by atoms with Crippen LogP contribution in [0.1, 0.15) is 24.4 Å². The number of nitrogens with zero attached hydrogens (tertiary/aromatic N) is 1. The second kappa shape index (κ2) is 4.07. The standard InChI is InChI=1S/C11H13ClN2O3/c1-11(2)10(16)13-5-6-14(11)9(15)7-3-4-8(12)17-7/h3-4H,5-6H2,1-2H3,(H,13,16). The lowest BCUT2D eigenvalue weighted by atomic mass is 9.98. The van der Waals surface area contributed by atoms with Gasteiger partial charge in [0.25, 0.3) is 5.91 Å². The highest BCUT2D eigenvalue weighted by molar-refractivity contribution is 6.29. The van der Waals surface area contributed by atoms with Gasteiger partial charge in [0, 0.05) is 13.1 Å². The first-order chi connectivity index (χ1) is 7.93. The number of carbonyl (C=O) groups excluding carboxylic acids is 2. The molecule has 2 rings (SSSR count). The van der Waals surface area contributed by atoms with Gasteiger partial charge in [-0.25, -0.2) is 0 Å². The molecule has 2 amide bonds. The molecule has 0 spiro atoms. The van der Waals surface area contributed by atoms with Gasteiger partial charge in [-0.05, 0) is 37.6 Å². The monoisotopic (exact) mass is 256 g/mol. The summed E-state index contributed by atoms with van der Waals surface area (Å²) >= 11 is 5.63. The maximum absolute atomic E-state index is 12.2. The number of halogens is 1. The van der Waals surface area contributed by atoms with Gasteiger partial charge >= 0.3 is 0 Å². The van der Waals surface area contributed by atoms with Crippen LogP contribution < -0.4 is 5.32 Å². The Hall–Kier alpha value is -1.49. The predicted molar refractivity (Wildman–Crippen MR) is 61.8 cm³/mol. The van der Waals surface area contributed by atoms with Gasteiger partial charge in [0.15, 0.2) is 11.0 Å². The Balaban J connectivity index is 2.27. The highest BCUT2D eigenvalue weighted by Crippen LogP contribution is 2.22. The third-order valence-electron chi connectivity index (χ3n) is 2.88. The van der Waals surface area contributed by atoms with Crippen molar-refractivity contribution < 1.29 is 14.0 Å². The summed E-state index contributed by atoms with van der Waals surface area (Å²) in [7, 11) is 0. The number of piperazine rings is 1. The van der Waals surface area contributed by atoms with E-state index in [4.69, 9.17) is 16.0 Å². The van der Waals surface area contributed by atoms with Crippen LogP contribution in [-0.4, -0.2) is 35.3 Å². The fourth-order valence-corrected chi connectivity index (χ4v) is 1.96. The lowest BCUT2D eigenvalue weighted by Crippen LogP contribution is -2.63. The van der Waals surface area contributed by atoms with Crippen LogP contribution in [0.4, 0.5) is 0 Å². The molecule has 6 heteroatoms. The third kappa shape index (κ3) is 2.02. The molecule has 0 saturated carbocycles. The zero-order chi connectivity index (χ0) is 12.6. The molecule has 1 aliphatic heterocycles. The number of amides is 2. The zero-order valence-electron chi connectivity index (χ0n) is 9.62. The molecule has 1 fully saturated rings. The van der Waals surface area contributed by atoms with Crippen molar-refractivity contribution in [2.75, 3.05) is 13.1 Å². The van der Waals surface area contributed by atoms with Crippen molar-refractivity contribution in [2.24, 2.45) is 0 Å². The summed E-state index contributed by atoms with van der Waals surface area (Å²) in [6.45, 7) is 4.30. The molecule has 5 nitrogen and oxygen atoms in total. The summed E-state index contributed by atoms with van der Waals surface area (Å²) in [4.78, 5) is 25.4. The summed E-state index contributed by atoms with van der Waals surface area (Å²) in [6, 6.07) is 3.01. The molecule has 1 aliphatic rings. The van der Waals surface area contributed by atoms with Crippen molar-refractivity contribution in [3.05, 3.63) is 23.1 Å². The minimum atomic E-state index is -0.880. The van der Waals surface area contributed by atoms with E-state index in [0.29, 0.717) is 13.1 Å². The minimum Gasteiger partial charge on any atom is -0.440 e. The number of furan rings is 1. The molecule has 2 heterocycles. The fourth-order valence-electron chi connectivity index (χ4n) is 1.82. The maximum Gasteiger partial charge on any atom is 0.290 e. The number of nitrogens with one attached hydrogen (secondary N) is 1. The van der Waals surface area contributed by atoms with Crippen LogP contribution in [0.3, 0.4) is 0 Å². The Bertz CT molecular complexity index is 467. The van der Waals surface area contributed by atoms with Crippen LogP contribution in [0.15, 0.2) is 16.5 Å². The average Bonchev–Trinajstić information content (AvgIpc) is 2.68. The van der Waals surface area contributed by atoms with E-state index in [1.165, 1.54) is 17.0 Å². The van der Waals surface area contributed by atoms with E-state index in [9.17, 15) is 9.59 Å². The smallest absolute Gasteiger partial charge is 0.290 e. The summed E-state index contributed by atoms with van der Waals surface area (Å²) in [5, 5.41) is 2.88. The zero-order valence-corrected chi connectivity index (χ0v) is 10.4. The van der Waals surface area contributed by atoms with Gasteiger partial charge in [0.1, 0.15) is 5.54 Å². The van der Waals surface area contributed by atoms with Crippen LogP contribution >= 0.6 is 11.6 Å². The lowest BCUT2D eigenvalue weighted by molar-refractivity contribution is -0.133. The molecule has 92 valence electrons. The van der Waals surface area contributed by atoms with Crippen LogP contribution in [0.25, 0.3) is 0 Å². The molecule has 1 saturated heterocycles. The van der Waals surface area contributed by atoms with Crippen LogP contribution in [-0.2, 0) is 4.79 Å². The van der Waals surface area contributed by atoms with E-state index in [1.807, 2.05) is 0 Å². The molecular formula is C11H13ClN2O3. The van der Waals surface area contributed by atoms with Crippen LogP contribution in [0.2, 0.25) is 5.22 Å². The van der Waals surface area contributed by atoms with E-state index >= 15 is 0 Å². The fraction of sp³-hybridized carbons (Fsp3) is 0.455. The number of hydrogen-bond acceptors (Lipinski definition) is 3. The van der Waals surface area contributed by atoms with Gasteiger partial charge in [-0.2, -0.15) is 0 Å². The Kier molecular flexibility index (Phi) is 2.87. The Morgan fingerprint density at radius 1 is 1.53 bits per heavy atom. The Morgan fingerprint density at radius 3 is 2.82 bits per heavy atom. The summed E-state index contributed by atoms with van der Waals surface area (Å²) in [5.41, 5.74) is -0.880. The van der Waals surface area contributed by atoms with Crippen LogP contribution in [0.5, 0.6) is 0 Å². The molecule has 1 aromatic heterocycles. The van der Waals surface area contributed by atoms with Crippen molar-refractivity contribution in [3.63, 3.8) is 0 Å². The van der Waals surface area contributed by atoms with Gasteiger partial charge < -0.3 is 14.6 Å². The summed E-state index contributed by atoms with van der Waals surface area (Å²) in [5.74, 6) is -0.343. The molecule has 17 heavy (non-hydrogen) atoms. The molecule has 0 aromatic carbocycles. The minimum absolute atomic E-state index is 0.151. The van der Waals surface area contributed by atoms with E-state index in [0.717, 1.165) is 0 Å². The Labute approximate surface area is 104 Å². The van der Waals surface area contributed by atoms with E-state index in [-0.39, 0.29) is 22.8 Å². The summed E-state index contributed by atoms with van der Waals surface area (Å²) in [6.07, 6.45) is 0. The number of rotatable bonds is 1. The molecule has 0 radical (unpaired) electrons. The number of hydrogen-bond donors (Lipinski definition) is 1. The van der Waals surface area contributed by atoms with Gasteiger partial charge in [-0.3, -0.25) is 9.59 Å². The van der Waals surface area contributed by atoms with Crippen LogP contribution in [0, 0.1) is 0 Å². The normalized spacial score (nSPS) is 19.0. The number of carbonyl (C=O) groups is 2. The molecule has 0 bridgehead atoms. The van der Waals surface area contributed by atoms with Gasteiger partial charge in [-0.1, -0.05) is 0 Å². The molecule has 1 N–H and O–H groups in total. The highest BCUT2D eigenvalue weighted by Gasteiger charge is 2.41. The predicted octanol–water partition coefficient (Wildman–Crippen LogP) is 1.28. The second-order valence-corrected chi connectivity index (χ2v) is 4.75. The van der Waals surface area contributed by atoms with Crippen molar-refractivity contribution in [1.29, 1.82) is 0 Å². The second-order valence-electron chi connectivity index (χ2n) is 4.38. The SMILES string of the molecule is CC1(C)C(=O)NCCN1C(=O)c1ccc(Cl)o1.